The number of rotatable bonds is 4. The first-order chi connectivity index (χ1) is 9.39. The average Bonchev–Trinajstić information content (AvgIpc) is 2.38. The Morgan fingerprint density at radius 1 is 1.50 bits per heavy atom. The second-order valence-corrected chi connectivity index (χ2v) is 6.75. The van der Waals surface area contributed by atoms with Crippen LogP contribution in [0.1, 0.15) is 19.3 Å². The Morgan fingerprint density at radius 3 is 2.90 bits per heavy atom. The summed E-state index contributed by atoms with van der Waals surface area (Å²) in [6.07, 6.45) is 3.24. The topological polar surface area (TPSA) is 87.6 Å². The van der Waals surface area contributed by atoms with Crippen molar-refractivity contribution >= 4 is 16.0 Å². The number of sulfonamides is 1. The van der Waals surface area contributed by atoms with Crippen LogP contribution in [0.3, 0.4) is 0 Å². The summed E-state index contributed by atoms with van der Waals surface area (Å²) in [5, 5.41) is 8.78. The molecule has 0 bridgehead atoms. The van der Waals surface area contributed by atoms with Crippen LogP contribution in [0.15, 0.2) is 23.4 Å². The zero-order valence-electron chi connectivity index (χ0n) is 10.7. The molecule has 1 N–H and O–H groups in total. The molecule has 2 rings (SSSR count). The van der Waals surface area contributed by atoms with Gasteiger partial charge in [-0.2, -0.15) is 4.31 Å². The maximum atomic E-state index is 13.1. The number of aliphatic carboxylic acids is 1. The third kappa shape index (κ3) is 3.31. The van der Waals surface area contributed by atoms with E-state index >= 15 is 0 Å². The van der Waals surface area contributed by atoms with E-state index in [0.29, 0.717) is 19.4 Å². The summed E-state index contributed by atoms with van der Waals surface area (Å²) in [6, 6.07) is 0.920. The van der Waals surface area contributed by atoms with Gasteiger partial charge in [-0.05, 0) is 24.8 Å². The Bertz CT molecular complexity index is 605. The van der Waals surface area contributed by atoms with Crippen LogP contribution in [-0.2, 0) is 14.8 Å². The van der Waals surface area contributed by atoms with E-state index in [4.69, 9.17) is 5.11 Å². The first-order valence-electron chi connectivity index (χ1n) is 6.22. The summed E-state index contributed by atoms with van der Waals surface area (Å²) in [5.41, 5.74) is 0. The van der Waals surface area contributed by atoms with Crippen LogP contribution in [0, 0.1) is 11.7 Å². The van der Waals surface area contributed by atoms with E-state index < -0.39 is 21.8 Å². The Kier molecular flexibility index (Phi) is 4.34. The van der Waals surface area contributed by atoms with Crippen LogP contribution in [0.5, 0.6) is 0 Å². The lowest BCUT2D eigenvalue weighted by Gasteiger charge is -2.31. The molecule has 1 aromatic rings. The SMILES string of the molecule is O=C(O)CC1CCCN(S(=O)(=O)c2cncc(F)c2)C1. The smallest absolute Gasteiger partial charge is 0.303 e. The molecule has 1 saturated heterocycles. The fourth-order valence-electron chi connectivity index (χ4n) is 2.34. The highest BCUT2D eigenvalue weighted by Gasteiger charge is 2.31. The highest BCUT2D eigenvalue weighted by atomic mass is 32.2. The minimum atomic E-state index is -3.82. The van der Waals surface area contributed by atoms with Gasteiger partial charge in [0.1, 0.15) is 10.7 Å². The molecule has 0 aromatic carbocycles. The zero-order valence-corrected chi connectivity index (χ0v) is 11.5. The van der Waals surface area contributed by atoms with Gasteiger partial charge in [-0.25, -0.2) is 12.8 Å². The van der Waals surface area contributed by atoms with Crippen molar-refractivity contribution < 1.29 is 22.7 Å². The minimum absolute atomic E-state index is 0.0621. The van der Waals surface area contributed by atoms with E-state index in [0.717, 1.165) is 18.5 Å². The summed E-state index contributed by atoms with van der Waals surface area (Å²) >= 11 is 0. The fraction of sp³-hybridized carbons (Fsp3) is 0.500. The zero-order chi connectivity index (χ0) is 14.8. The van der Waals surface area contributed by atoms with E-state index in [2.05, 4.69) is 4.98 Å². The molecule has 6 nitrogen and oxygen atoms in total. The van der Waals surface area contributed by atoms with Crippen molar-refractivity contribution in [2.75, 3.05) is 13.1 Å². The number of carbonyl (C=O) groups is 1. The number of aromatic nitrogens is 1. The van der Waals surface area contributed by atoms with Crippen LogP contribution >= 0.6 is 0 Å². The quantitative estimate of drug-likeness (QED) is 0.899. The van der Waals surface area contributed by atoms with Crippen molar-refractivity contribution in [3.63, 3.8) is 0 Å². The van der Waals surface area contributed by atoms with Gasteiger partial charge < -0.3 is 5.11 Å². The molecule has 0 amide bonds. The summed E-state index contributed by atoms with van der Waals surface area (Å²) in [7, 11) is -3.82. The summed E-state index contributed by atoms with van der Waals surface area (Å²) in [5.74, 6) is -1.87. The van der Waals surface area contributed by atoms with Gasteiger partial charge in [0.05, 0.1) is 6.20 Å². The lowest BCUT2D eigenvalue weighted by molar-refractivity contribution is -0.138. The van der Waals surface area contributed by atoms with Gasteiger partial charge >= 0.3 is 5.97 Å². The molecule has 0 spiro atoms. The predicted molar refractivity (Wildman–Crippen MR) is 67.9 cm³/mol. The number of carboxylic acids is 1. The van der Waals surface area contributed by atoms with Crippen LogP contribution in [0.4, 0.5) is 4.39 Å². The van der Waals surface area contributed by atoms with Crippen LogP contribution in [-0.4, -0.2) is 41.9 Å². The molecule has 1 atom stereocenters. The molecule has 8 heteroatoms. The number of halogens is 1. The molecule has 2 heterocycles. The molecular weight excluding hydrogens is 287 g/mol. The Hall–Kier alpha value is -1.54. The molecule has 0 saturated carbocycles. The lowest BCUT2D eigenvalue weighted by Crippen LogP contribution is -2.40. The van der Waals surface area contributed by atoms with Crippen LogP contribution in [0.25, 0.3) is 0 Å². The molecule has 20 heavy (non-hydrogen) atoms. The monoisotopic (exact) mass is 302 g/mol. The molecule has 0 aliphatic carbocycles. The number of hydrogen-bond donors (Lipinski definition) is 1. The standard InChI is InChI=1S/C12H15FN2O4S/c13-10-5-11(7-14-6-10)20(18,19)15-3-1-2-9(8-15)4-12(16)17/h5-7,9H,1-4,8H2,(H,16,17). The van der Waals surface area contributed by atoms with Gasteiger partial charge in [0.2, 0.25) is 10.0 Å². The van der Waals surface area contributed by atoms with Crippen molar-refractivity contribution in [2.24, 2.45) is 5.92 Å². The molecule has 0 radical (unpaired) electrons. The summed E-state index contributed by atoms with van der Waals surface area (Å²) in [6.45, 7) is 0.458. The summed E-state index contributed by atoms with van der Waals surface area (Å²) in [4.78, 5) is 14.0. The highest BCUT2D eigenvalue weighted by Crippen LogP contribution is 2.25. The van der Waals surface area contributed by atoms with Crippen LogP contribution < -0.4 is 0 Å². The minimum Gasteiger partial charge on any atom is -0.481 e. The van der Waals surface area contributed by atoms with Gasteiger partial charge in [0, 0.05) is 25.7 Å². The Morgan fingerprint density at radius 2 is 2.25 bits per heavy atom. The largest absolute Gasteiger partial charge is 0.481 e. The molecule has 1 fully saturated rings. The number of nitrogens with zero attached hydrogens (tertiary/aromatic N) is 2. The molecule has 110 valence electrons. The first kappa shape index (κ1) is 14.9. The van der Waals surface area contributed by atoms with Gasteiger partial charge in [-0.1, -0.05) is 0 Å². The molecular formula is C12H15FN2O4S. The predicted octanol–water partition coefficient (Wildman–Crippen LogP) is 1.10. The van der Waals surface area contributed by atoms with Crippen molar-refractivity contribution in [2.45, 2.75) is 24.2 Å². The van der Waals surface area contributed by atoms with Gasteiger partial charge in [0.25, 0.3) is 0 Å². The highest BCUT2D eigenvalue weighted by molar-refractivity contribution is 7.89. The maximum Gasteiger partial charge on any atom is 0.303 e. The maximum absolute atomic E-state index is 13.1. The van der Waals surface area contributed by atoms with Crippen LogP contribution in [0.2, 0.25) is 0 Å². The molecule has 1 aliphatic rings. The van der Waals surface area contributed by atoms with E-state index in [1.54, 1.807) is 0 Å². The van der Waals surface area contributed by atoms with E-state index in [-0.39, 0.29) is 23.8 Å². The lowest BCUT2D eigenvalue weighted by atomic mass is 9.96. The van der Waals surface area contributed by atoms with Gasteiger partial charge in [0.15, 0.2) is 0 Å². The number of hydrogen-bond acceptors (Lipinski definition) is 4. The average molecular weight is 302 g/mol. The first-order valence-corrected chi connectivity index (χ1v) is 7.66. The number of pyridine rings is 1. The Balaban J connectivity index is 2.19. The molecule has 1 aliphatic heterocycles. The van der Waals surface area contributed by atoms with Crippen molar-refractivity contribution in [3.8, 4) is 0 Å². The number of piperidine rings is 1. The second kappa shape index (κ2) is 5.84. The third-order valence-electron chi connectivity index (χ3n) is 3.26. The summed E-state index contributed by atoms with van der Waals surface area (Å²) < 4.78 is 39.0. The van der Waals surface area contributed by atoms with Gasteiger partial charge in [-0.15, -0.1) is 0 Å². The fourth-order valence-corrected chi connectivity index (χ4v) is 3.87. The van der Waals surface area contributed by atoms with Gasteiger partial charge in [-0.3, -0.25) is 9.78 Å². The second-order valence-electron chi connectivity index (χ2n) is 4.81. The van der Waals surface area contributed by atoms with E-state index in [1.165, 1.54) is 4.31 Å². The molecule has 1 aromatic heterocycles. The number of carboxylic acid groups (broad SMARTS) is 1. The van der Waals surface area contributed by atoms with E-state index in [1.807, 2.05) is 0 Å². The molecule has 1 unspecified atom stereocenters. The van der Waals surface area contributed by atoms with Crippen molar-refractivity contribution in [3.05, 3.63) is 24.3 Å². The Labute approximate surface area is 116 Å². The van der Waals surface area contributed by atoms with Crippen molar-refractivity contribution in [1.82, 2.24) is 9.29 Å². The van der Waals surface area contributed by atoms with E-state index in [9.17, 15) is 17.6 Å². The normalized spacial score (nSPS) is 20.8. The third-order valence-corrected chi connectivity index (χ3v) is 5.09. The van der Waals surface area contributed by atoms with Crippen molar-refractivity contribution in [1.29, 1.82) is 0 Å².